The maximum Gasteiger partial charge on any atom is 0.145 e. The Balaban J connectivity index is 2.39. The molecule has 0 aliphatic carbocycles. The van der Waals surface area contributed by atoms with Crippen molar-refractivity contribution in [2.75, 3.05) is 10.7 Å². The average molecular weight is 350 g/mol. The van der Waals surface area contributed by atoms with Gasteiger partial charge in [0.1, 0.15) is 17.5 Å². The zero-order valence-corrected chi connectivity index (χ0v) is 14.2. The van der Waals surface area contributed by atoms with E-state index in [2.05, 4.69) is 63.5 Å². The minimum Gasteiger partial charge on any atom is -0.339 e. The van der Waals surface area contributed by atoms with Crippen molar-refractivity contribution in [1.82, 2.24) is 9.97 Å². The summed E-state index contributed by atoms with van der Waals surface area (Å²) >= 11 is 3.55. The molecular formula is C15H20BrN5. The van der Waals surface area contributed by atoms with Gasteiger partial charge in [-0.05, 0) is 40.5 Å². The standard InChI is InChI=1S/C15H20BrN5/c1-9-5-6-11(10(16)7-9)18-12-8-13(21-17)20-14(19-12)15(2,3)4/h5-8H,17H2,1-4H3,(H2,18,19,20,21). The van der Waals surface area contributed by atoms with Gasteiger partial charge in [0.15, 0.2) is 0 Å². The molecule has 0 atom stereocenters. The van der Waals surface area contributed by atoms with Crippen molar-refractivity contribution in [1.29, 1.82) is 0 Å². The molecule has 0 aliphatic rings. The van der Waals surface area contributed by atoms with Crippen molar-refractivity contribution in [2.24, 2.45) is 5.84 Å². The first-order valence-electron chi connectivity index (χ1n) is 6.69. The summed E-state index contributed by atoms with van der Waals surface area (Å²) in [7, 11) is 0. The Kier molecular flexibility index (Phi) is 4.49. The molecule has 112 valence electrons. The van der Waals surface area contributed by atoms with Crippen LogP contribution >= 0.6 is 15.9 Å². The van der Waals surface area contributed by atoms with Crippen LogP contribution in [0.3, 0.4) is 0 Å². The number of nitrogens with two attached hydrogens (primary N) is 1. The third kappa shape index (κ3) is 3.92. The number of aryl methyl sites for hydroxylation is 1. The van der Waals surface area contributed by atoms with E-state index in [0.717, 1.165) is 16.0 Å². The Morgan fingerprint density at radius 2 is 1.76 bits per heavy atom. The molecule has 5 nitrogen and oxygen atoms in total. The highest BCUT2D eigenvalue weighted by atomic mass is 79.9. The number of rotatable bonds is 3. The molecule has 0 fully saturated rings. The van der Waals surface area contributed by atoms with Gasteiger partial charge < -0.3 is 10.7 Å². The summed E-state index contributed by atoms with van der Waals surface area (Å²) in [6.45, 7) is 8.24. The van der Waals surface area contributed by atoms with Gasteiger partial charge in [0, 0.05) is 16.0 Å². The SMILES string of the molecule is Cc1ccc(Nc2cc(NN)nc(C(C)(C)C)n2)c(Br)c1. The molecule has 1 heterocycles. The predicted octanol–water partition coefficient (Wildman–Crippen LogP) is 3.87. The fraction of sp³-hybridized carbons (Fsp3) is 0.333. The molecule has 2 aromatic rings. The summed E-state index contributed by atoms with van der Waals surface area (Å²) in [6.07, 6.45) is 0. The van der Waals surface area contributed by atoms with Crippen LogP contribution in [-0.2, 0) is 5.41 Å². The topological polar surface area (TPSA) is 75.9 Å². The van der Waals surface area contributed by atoms with Gasteiger partial charge >= 0.3 is 0 Å². The van der Waals surface area contributed by atoms with Crippen molar-refractivity contribution in [3.05, 3.63) is 40.1 Å². The predicted molar refractivity (Wildman–Crippen MR) is 90.7 cm³/mol. The number of nitrogens with zero attached hydrogens (tertiary/aromatic N) is 2. The van der Waals surface area contributed by atoms with Crippen molar-refractivity contribution >= 4 is 33.3 Å². The largest absolute Gasteiger partial charge is 0.339 e. The molecule has 0 amide bonds. The van der Waals surface area contributed by atoms with E-state index in [-0.39, 0.29) is 5.41 Å². The molecule has 4 N–H and O–H groups in total. The lowest BCUT2D eigenvalue weighted by atomic mass is 9.96. The maximum atomic E-state index is 5.50. The molecule has 0 bridgehead atoms. The molecule has 0 saturated heterocycles. The Morgan fingerprint density at radius 3 is 2.33 bits per heavy atom. The van der Waals surface area contributed by atoms with Gasteiger partial charge in [0.05, 0.1) is 5.69 Å². The first-order chi connectivity index (χ1) is 9.79. The second-order valence-electron chi connectivity index (χ2n) is 5.96. The molecule has 0 spiro atoms. The Bertz CT molecular complexity index is 649. The van der Waals surface area contributed by atoms with Crippen molar-refractivity contribution in [2.45, 2.75) is 33.1 Å². The van der Waals surface area contributed by atoms with E-state index in [1.807, 2.05) is 19.1 Å². The van der Waals surface area contributed by atoms with E-state index in [0.29, 0.717) is 11.6 Å². The number of benzene rings is 1. The smallest absolute Gasteiger partial charge is 0.145 e. The zero-order chi connectivity index (χ0) is 15.6. The van der Waals surface area contributed by atoms with E-state index in [1.165, 1.54) is 5.56 Å². The number of hydrogen-bond donors (Lipinski definition) is 3. The lowest BCUT2D eigenvalue weighted by Crippen LogP contribution is -2.19. The fourth-order valence-electron chi connectivity index (χ4n) is 1.78. The van der Waals surface area contributed by atoms with Crippen LogP contribution in [0.4, 0.5) is 17.3 Å². The molecule has 2 rings (SSSR count). The summed E-state index contributed by atoms with van der Waals surface area (Å²) in [4.78, 5) is 8.98. The lowest BCUT2D eigenvalue weighted by molar-refractivity contribution is 0.547. The second kappa shape index (κ2) is 5.99. The van der Waals surface area contributed by atoms with Crippen LogP contribution in [0, 0.1) is 6.92 Å². The number of nitrogens with one attached hydrogen (secondary N) is 2. The number of hydrogen-bond acceptors (Lipinski definition) is 5. The Hall–Kier alpha value is -1.66. The summed E-state index contributed by atoms with van der Waals surface area (Å²) in [5, 5.41) is 3.29. The van der Waals surface area contributed by atoms with Crippen molar-refractivity contribution in [3.8, 4) is 0 Å². The van der Waals surface area contributed by atoms with Crippen LogP contribution in [0.5, 0.6) is 0 Å². The molecule has 0 radical (unpaired) electrons. The Labute approximate surface area is 133 Å². The van der Waals surface area contributed by atoms with Crippen molar-refractivity contribution in [3.63, 3.8) is 0 Å². The van der Waals surface area contributed by atoms with Crippen LogP contribution in [0.25, 0.3) is 0 Å². The molecule has 21 heavy (non-hydrogen) atoms. The van der Waals surface area contributed by atoms with Gasteiger partial charge in [-0.1, -0.05) is 26.8 Å². The molecule has 1 aromatic heterocycles. The lowest BCUT2D eigenvalue weighted by Gasteiger charge is -2.19. The summed E-state index contributed by atoms with van der Waals surface area (Å²) < 4.78 is 0.987. The molecular weight excluding hydrogens is 330 g/mol. The average Bonchev–Trinajstić information content (AvgIpc) is 2.40. The molecule has 0 unspecified atom stereocenters. The van der Waals surface area contributed by atoms with E-state index >= 15 is 0 Å². The molecule has 6 heteroatoms. The van der Waals surface area contributed by atoms with Crippen LogP contribution in [0.2, 0.25) is 0 Å². The van der Waals surface area contributed by atoms with Gasteiger partial charge in [-0.15, -0.1) is 0 Å². The first-order valence-corrected chi connectivity index (χ1v) is 7.48. The minimum atomic E-state index is -0.159. The third-order valence-electron chi connectivity index (χ3n) is 2.93. The number of aromatic nitrogens is 2. The monoisotopic (exact) mass is 349 g/mol. The minimum absolute atomic E-state index is 0.159. The molecule has 0 saturated carbocycles. The number of hydrazine groups is 1. The van der Waals surface area contributed by atoms with Crippen LogP contribution in [0.1, 0.15) is 32.2 Å². The fourth-order valence-corrected chi connectivity index (χ4v) is 2.37. The Morgan fingerprint density at radius 1 is 1.10 bits per heavy atom. The number of nitrogen functional groups attached to an aromatic ring is 1. The molecule has 0 aliphatic heterocycles. The normalized spacial score (nSPS) is 11.3. The zero-order valence-electron chi connectivity index (χ0n) is 12.7. The van der Waals surface area contributed by atoms with Gasteiger partial charge in [0.25, 0.3) is 0 Å². The highest BCUT2D eigenvalue weighted by Gasteiger charge is 2.19. The van der Waals surface area contributed by atoms with E-state index in [1.54, 1.807) is 6.07 Å². The number of halogens is 1. The van der Waals surface area contributed by atoms with Crippen LogP contribution in [0.15, 0.2) is 28.7 Å². The first kappa shape index (κ1) is 15.7. The van der Waals surface area contributed by atoms with Gasteiger partial charge in [-0.2, -0.15) is 0 Å². The molecule has 1 aromatic carbocycles. The number of anilines is 3. The summed E-state index contributed by atoms with van der Waals surface area (Å²) in [5.74, 6) is 7.51. The van der Waals surface area contributed by atoms with Gasteiger partial charge in [-0.25, -0.2) is 15.8 Å². The highest BCUT2D eigenvalue weighted by Crippen LogP contribution is 2.28. The van der Waals surface area contributed by atoms with Crippen molar-refractivity contribution < 1.29 is 0 Å². The van der Waals surface area contributed by atoms with Crippen LogP contribution in [-0.4, -0.2) is 9.97 Å². The van der Waals surface area contributed by atoms with Crippen LogP contribution < -0.4 is 16.6 Å². The van der Waals surface area contributed by atoms with Gasteiger partial charge in [-0.3, -0.25) is 0 Å². The quantitative estimate of drug-likeness (QED) is 0.579. The maximum absolute atomic E-state index is 5.50. The van der Waals surface area contributed by atoms with E-state index in [4.69, 9.17) is 5.84 Å². The second-order valence-corrected chi connectivity index (χ2v) is 6.82. The highest BCUT2D eigenvalue weighted by molar-refractivity contribution is 9.10. The van der Waals surface area contributed by atoms with E-state index < -0.39 is 0 Å². The summed E-state index contributed by atoms with van der Waals surface area (Å²) in [6, 6.07) is 7.88. The summed E-state index contributed by atoms with van der Waals surface area (Å²) in [5.41, 5.74) is 4.56. The van der Waals surface area contributed by atoms with Gasteiger partial charge in [0.2, 0.25) is 0 Å². The van der Waals surface area contributed by atoms with E-state index in [9.17, 15) is 0 Å². The third-order valence-corrected chi connectivity index (χ3v) is 3.59.